The van der Waals surface area contributed by atoms with Crippen LogP contribution in [-0.2, 0) is 4.79 Å². The number of likely N-dealkylation sites (tertiary alicyclic amines) is 1. The number of carbonyl (C=O) groups excluding carboxylic acids is 2. The molecule has 0 atom stereocenters. The molecule has 3 rings (SSSR count). The third-order valence-corrected chi connectivity index (χ3v) is 4.73. The van der Waals surface area contributed by atoms with E-state index < -0.39 is 0 Å². The van der Waals surface area contributed by atoms with Gasteiger partial charge in [0.15, 0.2) is 5.69 Å². The average Bonchev–Trinajstić information content (AvgIpc) is 3.16. The van der Waals surface area contributed by atoms with Gasteiger partial charge in [0.05, 0.1) is 5.69 Å². The summed E-state index contributed by atoms with van der Waals surface area (Å²) in [4.78, 5) is 30.8. The molecule has 2 amide bonds. The summed E-state index contributed by atoms with van der Waals surface area (Å²) >= 11 is 0. The van der Waals surface area contributed by atoms with Crippen LogP contribution in [0.4, 0.5) is 0 Å². The molecule has 2 N–H and O–H groups in total. The fraction of sp³-hybridized carbons (Fsp3) is 0.500. The van der Waals surface area contributed by atoms with Gasteiger partial charge in [-0.1, -0.05) is 20.8 Å². The molecule has 0 unspecified atom stereocenters. The van der Waals surface area contributed by atoms with Gasteiger partial charge in [-0.2, -0.15) is 5.10 Å². The number of pyridine rings is 1. The molecule has 1 aliphatic heterocycles. The molecule has 0 radical (unpaired) electrons. The van der Waals surface area contributed by atoms with Crippen LogP contribution in [0.25, 0.3) is 11.3 Å². The summed E-state index contributed by atoms with van der Waals surface area (Å²) in [6.07, 6.45) is 4.77. The van der Waals surface area contributed by atoms with Crippen LogP contribution in [0, 0.1) is 11.3 Å². The molecule has 0 bridgehead atoms. The van der Waals surface area contributed by atoms with Gasteiger partial charge in [0.2, 0.25) is 5.91 Å². The highest BCUT2D eigenvalue weighted by molar-refractivity contribution is 5.93. The molecule has 2 aromatic rings. The topological polar surface area (TPSA) is 91.0 Å². The maximum absolute atomic E-state index is 12.7. The molecule has 1 fully saturated rings. The van der Waals surface area contributed by atoms with Crippen LogP contribution in [0.2, 0.25) is 0 Å². The Kier molecular flexibility index (Phi) is 5.58. The van der Waals surface area contributed by atoms with E-state index in [1.807, 2.05) is 12.1 Å². The van der Waals surface area contributed by atoms with Gasteiger partial charge >= 0.3 is 0 Å². The number of H-pyrrole nitrogens is 1. The van der Waals surface area contributed by atoms with Gasteiger partial charge in [0.1, 0.15) is 0 Å². The SMILES string of the molecule is CC(C)(C)CNC(=O)C1CCN(C(=O)c2cc(-c3ccncc3)[nH]n2)CC1. The first-order chi connectivity index (χ1) is 12.8. The van der Waals surface area contributed by atoms with Crippen molar-refractivity contribution in [1.82, 2.24) is 25.4 Å². The van der Waals surface area contributed by atoms with Gasteiger partial charge in [-0.05, 0) is 36.5 Å². The van der Waals surface area contributed by atoms with E-state index in [9.17, 15) is 9.59 Å². The fourth-order valence-corrected chi connectivity index (χ4v) is 3.11. The molecule has 27 heavy (non-hydrogen) atoms. The number of nitrogens with zero attached hydrogens (tertiary/aromatic N) is 3. The van der Waals surface area contributed by atoms with Gasteiger partial charge < -0.3 is 10.2 Å². The van der Waals surface area contributed by atoms with E-state index in [1.54, 1.807) is 23.4 Å². The Morgan fingerprint density at radius 1 is 1.22 bits per heavy atom. The van der Waals surface area contributed by atoms with E-state index in [0.29, 0.717) is 38.2 Å². The molecule has 0 aliphatic carbocycles. The molecule has 0 aromatic carbocycles. The highest BCUT2D eigenvalue weighted by Gasteiger charge is 2.29. The lowest BCUT2D eigenvalue weighted by atomic mass is 9.93. The molecule has 7 nitrogen and oxygen atoms in total. The molecule has 0 saturated carbocycles. The van der Waals surface area contributed by atoms with Crippen LogP contribution in [-0.4, -0.2) is 51.5 Å². The lowest BCUT2D eigenvalue weighted by Gasteiger charge is -2.31. The molecule has 7 heteroatoms. The number of hydrogen-bond donors (Lipinski definition) is 2. The van der Waals surface area contributed by atoms with Crippen LogP contribution < -0.4 is 5.32 Å². The highest BCUT2D eigenvalue weighted by atomic mass is 16.2. The molecule has 0 spiro atoms. The molecule has 1 saturated heterocycles. The average molecular weight is 369 g/mol. The molecule has 3 heterocycles. The first kappa shape index (κ1) is 19.1. The Bertz CT molecular complexity index is 786. The van der Waals surface area contributed by atoms with Gasteiger partial charge in [-0.3, -0.25) is 19.7 Å². The van der Waals surface area contributed by atoms with E-state index in [-0.39, 0.29) is 23.1 Å². The van der Waals surface area contributed by atoms with Crippen molar-refractivity contribution in [1.29, 1.82) is 0 Å². The van der Waals surface area contributed by atoms with E-state index in [0.717, 1.165) is 11.3 Å². The maximum Gasteiger partial charge on any atom is 0.274 e. The number of carbonyl (C=O) groups is 2. The lowest BCUT2D eigenvalue weighted by Crippen LogP contribution is -2.44. The predicted octanol–water partition coefficient (Wildman–Crippen LogP) is 2.49. The highest BCUT2D eigenvalue weighted by Crippen LogP contribution is 2.21. The van der Waals surface area contributed by atoms with Crippen LogP contribution in [0.5, 0.6) is 0 Å². The quantitative estimate of drug-likeness (QED) is 0.866. The second-order valence-electron chi connectivity index (χ2n) is 8.25. The molecule has 2 aromatic heterocycles. The van der Waals surface area contributed by atoms with E-state index in [4.69, 9.17) is 0 Å². The van der Waals surface area contributed by atoms with Crippen LogP contribution in [0.3, 0.4) is 0 Å². The Labute approximate surface area is 159 Å². The Morgan fingerprint density at radius 2 is 1.89 bits per heavy atom. The van der Waals surface area contributed by atoms with Crippen molar-refractivity contribution < 1.29 is 9.59 Å². The third kappa shape index (κ3) is 4.93. The number of aromatic amines is 1. The molecule has 1 aliphatic rings. The Hall–Kier alpha value is -2.70. The van der Waals surface area contributed by atoms with Crippen LogP contribution >= 0.6 is 0 Å². The molecular weight excluding hydrogens is 342 g/mol. The summed E-state index contributed by atoms with van der Waals surface area (Å²) in [6.45, 7) is 8.10. The summed E-state index contributed by atoms with van der Waals surface area (Å²) in [7, 11) is 0. The van der Waals surface area contributed by atoms with Crippen molar-refractivity contribution in [3.63, 3.8) is 0 Å². The van der Waals surface area contributed by atoms with Crippen LogP contribution in [0.15, 0.2) is 30.6 Å². The lowest BCUT2D eigenvalue weighted by molar-refractivity contribution is -0.126. The first-order valence-electron chi connectivity index (χ1n) is 9.36. The van der Waals surface area contributed by atoms with E-state index >= 15 is 0 Å². The second-order valence-corrected chi connectivity index (χ2v) is 8.25. The number of rotatable bonds is 4. The van der Waals surface area contributed by atoms with E-state index in [1.165, 1.54) is 0 Å². The fourth-order valence-electron chi connectivity index (χ4n) is 3.11. The number of nitrogens with one attached hydrogen (secondary N) is 2. The zero-order valence-electron chi connectivity index (χ0n) is 16.2. The summed E-state index contributed by atoms with van der Waals surface area (Å²) in [5.74, 6) is -0.0279. The number of aromatic nitrogens is 3. The largest absolute Gasteiger partial charge is 0.355 e. The second kappa shape index (κ2) is 7.90. The predicted molar refractivity (Wildman–Crippen MR) is 103 cm³/mol. The van der Waals surface area contributed by atoms with Crippen molar-refractivity contribution in [2.75, 3.05) is 19.6 Å². The summed E-state index contributed by atoms with van der Waals surface area (Å²) in [5.41, 5.74) is 2.19. The minimum Gasteiger partial charge on any atom is -0.355 e. The normalized spacial score (nSPS) is 15.6. The summed E-state index contributed by atoms with van der Waals surface area (Å²) in [5, 5.41) is 10.1. The van der Waals surface area contributed by atoms with Crippen molar-refractivity contribution >= 4 is 11.8 Å². The first-order valence-corrected chi connectivity index (χ1v) is 9.36. The summed E-state index contributed by atoms with van der Waals surface area (Å²) < 4.78 is 0. The third-order valence-electron chi connectivity index (χ3n) is 4.73. The van der Waals surface area contributed by atoms with Crippen molar-refractivity contribution in [3.8, 4) is 11.3 Å². The Balaban J connectivity index is 1.54. The van der Waals surface area contributed by atoms with Crippen molar-refractivity contribution in [3.05, 3.63) is 36.3 Å². The smallest absolute Gasteiger partial charge is 0.274 e. The van der Waals surface area contributed by atoms with Gasteiger partial charge in [0, 0.05) is 43.5 Å². The van der Waals surface area contributed by atoms with Crippen molar-refractivity contribution in [2.24, 2.45) is 11.3 Å². The molecular formula is C20H27N5O2. The summed E-state index contributed by atoms with van der Waals surface area (Å²) in [6, 6.07) is 5.49. The van der Waals surface area contributed by atoms with Gasteiger partial charge in [-0.15, -0.1) is 0 Å². The van der Waals surface area contributed by atoms with Gasteiger partial charge in [0.25, 0.3) is 5.91 Å². The van der Waals surface area contributed by atoms with Gasteiger partial charge in [-0.25, -0.2) is 0 Å². The minimum absolute atomic E-state index is 0.0250. The van der Waals surface area contributed by atoms with Crippen molar-refractivity contribution in [2.45, 2.75) is 33.6 Å². The monoisotopic (exact) mass is 369 g/mol. The maximum atomic E-state index is 12.7. The zero-order valence-corrected chi connectivity index (χ0v) is 16.2. The molecule has 144 valence electrons. The minimum atomic E-state index is -0.0971. The number of piperidine rings is 1. The zero-order chi connectivity index (χ0) is 19.4. The number of amides is 2. The number of hydrogen-bond acceptors (Lipinski definition) is 4. The Morgan fingerprint density at radius 3 is 2.52 bits per heavy atom. The van der Waals surface area contributed by atoms with E-state index in [2.05, 4.69) is 41.3 Å². The standard InChI is InChI=1S/C20H27N5O2/c1-20(2,3)13-22-18(26)15-6-10-25(11-7-15)19(27)17-12-16(23-24-17)14-4-8-21-9-5-14/h4-5,8-9,12,15H,6-7,10-11,13H2,1-3H3,(H,22,26)(H,23,24). The van der Waals surface area contributed by atoms with Crippen LogP contribution in [0.1, 0.15) is 44.1 Å².